The molecule has 1 fully saturated rings. The highest BCUT2D eigenvalue weighted by Crippen LogP contribution is 2.36. The maximum absolute atomic E-state index is 10.9. The number of amides is 1. The summed E-state index contributed by atoms with van der Waals surface area (Å²) in [7, 11) is 0. The number of nitrogens with two attached hydrogens (primary N) is 1. The van der Waals surface area contributed by atoms with Gasteiger partial charge in [0.15, 0.2) is 0 Å². The molecule has 1 saturated carbocycles. The number of carbonyl (C=O) groups is 1. The molecule has 1 atom stereocenters. The van der Waals surface area contributed by atoms with Gasteiger partial charge in [0.25, 0.3) is 0 Å². The fourth-order valence-corrected chi connectivity index (χ4v) is 2.19. The smallest absolute Gasteiger partial charge is 0.234 e. The van der Waals surface area contributed by atoms with Crippen LogP contribution < -0.4 is 11.1 Å². The van der Waals surface area contributed by atoms with Crippen molar-refractivity contribution in [3.63, 3.8) is 0 Å². The molecule has 1 aliphatic carbocycles. The fourth-order valence-electron chi connectivity index (χ4n) is 2.19. The molecule has 0 spiro atoms. The standard InChI is InChI=1S/C13H18N2O/c1-9(13(14)16)15-12-7-11(8-12)10-5-3-2-4-6-10/h2-6,9,11-12,15H,7-8H2,1H3,(H2,14,16). The first-order chi connectivity index (χ1) is 7.66. The maximum atomic E-state index is 10.9. The second kappa shape index (κ2) is 4.66. The summed E-state index contributed by atoms with van der Waals surface area (Å²) in [5.41, 5.74) is 6.60. The lowest BCUT2D eigenvalue weighted by atomic mass is 9.75. The Balaban J connectivity index is 1.80. The van der Waals surface area contributed by atoms with Gasteiger partial charge in [0.1, 0.15) is 0 Å². The van der Waals surface area contributed by atoms with Crippen LogP contribution in [0.1, 0.15) is 31.2 Å². The van der Waals surface area contributed by atoms with E-state index in [4.69, 9.17) is 5.73 Å². The quantitative estimate of drug-likeness (QED) is 0.802. The van der Waals surface area contributed by atoms with Gasteiger partial charge in [-0.15, -0.1) is 0 Å². The Kier molecular flexibility index (Phi) is 3.25. The molecule has 0 aromatic heterocycles. The van der Waals surface area contributed by atoms with Gasteiger partial charge in [-0.1, -0.05) is 30.3 Å². The van der Waals surface area contributed by atoms with Crippen LogP contribution in [0.5, 0.6) is 0 Å². The van der Waals surface area contributed by atoms with Crippen molar-refractivity contribution >= 4 is 5.91 Å². The molecule has 1 aromatic rings. The average molecular weight is 218 g/mol. The molecule has 2 rings (SSSR count). The van der Waals surface area contributed by atoms with E-state index in [0.29, 0.717) is 12.0 Å². The lowest BCUT2D eigenvalue weighted by Gasteiger charge is -2.37. The minimum atomic E-state index is -0.275. The van der Waals surface area contributed by atoms with E-state index in [1.807, 2.05) is 13.0 Å². The largest absolute Gasteiger partial charge is 0.368 e. The molecule has 1 unspecified atom stereocenters. The van der Waals surface area contributed by atoms with Crippen molar-refractivity contribution in [1.82, 2.24) is 5.32 Å². The van der Waals surface area contributed by atoms with E-state index < -0.39 is 0 Å². The van der Waals surface area contributed by atoms with Crippen LogP contribution in [0, 0.1) is 0 Å². The Bertz CT molecular complexity index is 357. The molecule has 0 saturated heterocycles. The van der Waals surface area contributed by atoms with Crippen molar-refractivity contribution in [3.05, 3.63) is 35.9 Å². The third-order valence-corrected chi connectivity index (χ3v) is 3.32. The van der Waals surface area contributed by atoms with Crippen molar-refractivity contribution in [2.45, 2.75) is 37.8 Å². The first kappa shape index (κ1) is 11.1. The SMILES string of the molecule is CC(NC1CC(c2ccccc2)C1)C(N)=O. The number of hydrogen-bond donors (Lipinski definition) is 2. The van der Waals surface area contributed by atoms with Crippen LogP contribution in [0.3, 0.4) is 0 Å². The number of hydrogen-bond acceptors (Lipinski definition) is 2. The highest BCUT2D eigenvalue weighted by Gasteiger charge is 2.31. The number of benzene rings is 1. The van der Waals surface area contributed by atoms with Crippen molar-refractivity contribution in [2.75, 3.05) is 0 Å². The van der Waals surface area contributed by atoms with E-state index in [2.05, 4.69) is 29.6 Å². The second-order valence-electron chi connectivity index (χ2n) is 4.57. The molecular formula is C13H18N2O. The molecule has 3 nitrogen and oxygen atoms in total. The van der Waals surface area contributed by atoms with Gasteiger partial charge in [-0.05, 0) is 31.2 Å². The second-order valence-corrected chi connectivity index (χ2v) is 4.57. The third-order valence-electron chi connectivity index (χ3n) is 3.32. The van der Waals surface area contributed by atoms with Crippen LogP contribution in [-0.2, 0) is 4.79 Å². The van der Waals surface area contributed by atoms with Gasteiger partial charge in [0.05, 0.1) is 6.04 Å². The van der Waals surface area contributed by atoms with Gasteiger partial charge < -0.3 is 11.1 Å². The summed E-state index contributed by atoms with van der Waals surface area (Å²) in [5.74, 6) is 0.363. The summed E-state index contributed by atoms with van der Waals surface area (Å²) in [4.78, 5) is 10.9. The van der Waals surface area contributed by atoms with Crippen LogP contribution in [0.25, 0.3) is 0 Å². The van der Waals surface area contributed by atoms with Gasteiger partial charge in [-0.25, -0.2) is 0 Å². The van der Waals surface area contributed by atoms with E-state index in [1.54, 1.807) is 0 Å². The molecule has 1 amide bonds. The molecule has 0 aliphatic heterocycles. The molecule has 3 N–H and O–H groups in total. The van der Waals surface area contributed by atoms with Gasteiger partial charge in [0.2, 0.25) is 5.91 Å². The zero-order chi connectivity index (χ0) is 11.5. The minimum absolute atomic E-state index is 0.221. The Hall–Kier alpha value is -1.35. The topological polar surface area (TPSA) is 55.1 Å². The van der Waals surface area contributed by atoms with E-state index in [9.17, 15) is 4.79 Å². The predicted molar refractivity (Wildman–Crippen MR) is 64.0 cm³/mol. The zero-order valence-electron chi connectivity index (χ0n) is 9.52. The number of primary amides is 1. The molecule has 16 heavy (non-hydrogen) atoms. The number of carbonyl (C=O) groups excluding carboxylic acids is 1. The van der Waals surface area contributed by atoms with Crippen LogP contribution in [0.2, 0.25) is 0 Å². The predicted octanol–water partition coefficient (Wildman–Crippen LogP) is 1.40. The molecule has 0 heterocycles. The number of rotatable bonds is 4. The normalized spacial score (nSPS) is 25.8. The molecule has 3 heteroatoms. The zero-order valence-corrected chi connectivity index (χ0v) is 9.52. The summed E-state index contributed by atoms with van der Waals surface area (Å²) >= 11 is 0. The Morgan fingerprint density at radius 2 is 2.00 bits per heavy atom. The van der Waals surface area contributed by atoms with Crippen LogP contribution >= 0.6 is 0 Å². The first-order valence-electron chi connectivity index (χ1n) is 5.77. The lowest BCUT2D eigenvalue weighted by molar-refractivity contribution is -0.120. The highest BCUT2D eigenvalue weighted by molar-refractivity contribution is 5.79. The molecule has 0 bridgehead atoms. The summed E-state index contributed by atoms with van der Waals surface area (Å²) in [6, 6.07) is 10.7. The summed E-state index contributed by atoms with van der Waals surface area (Å²) < 4.78 is 0. The van der Waals surface area contributed by atoms with Crippen molar-refractivity contribution in [3.8, 4) is 0 Å². The Morgan fingerprint density at radius 1 is 1.38 bits per heavy atom. The van der Waals surface area contributed by atoms with Gasteiger partial charge in [-0.2, -0.15) is 0 Å². The van der Waals surface area contributed by atoms with Crippen molar-refractivity contribution < 1.29 is 4.79 Å². The Labute approximate surface area is 96.0 Å². The van der Waals surface area contributed by atoms with Crippen LogP contribution in [0.4, 0.5) is 0 Å². The monoisotopic (exact) mass is 218 g/mol. The molecular weight excluding hydrogens is 200 g/mol. The van der Waals surface area contributed by atoms with Crippen molar-refractivity contribution in [2.24, 2.45) is 5.73 Å². The maximum Gasteiger partial charge on any atom is 0.234 e. The highest BCUT2D eigenvalue weighted by atomic mass is 16.1. The summed E-state index contributed by atoms with van der Waals surface area (Å²) in [5, 5.41) is 3.24. The summed E-state index contributed by atoms with van der Waals surface area (Å²) in [6.07, 6.45) is 2.20. The first-order valence-corrected chi connectivity index (χ1v) is 5.77. The average Bonchev–Trinajstić information content (AvgIpc) is 2.23. The Morgan fingerprint density at radius 3 is 2.56 bits per heavy atom. The van der Waals surface area contributed by atoms with E-state index in [1.165, 1.54) is 5.56 Å². The number of nitrogens with one attached hydrogen (secondary N) is 1. The molecule has 1 aliphatic rings. The van der Waals surface area contributed by atoms with Gasteiger partial charge in [-0.3, -0.25) is 4.79 Å². The molecule has 86 valence electrons. The summed E-state index contributed by atoms with van der Waals surface area (Å²) in [6.45, 7) is 1.82. The van der Waals surface area contributed by atoms with E-state index in [-0.39, 0.29) is 11.9 Å². The molecule has 1 aromatic carbocycles. The fraction of sp³-hybridized carbons (Fsp3) is 0.462. The van der Waals surface area contributed by atoms with E-state index in [0.717, 1.165) is 12.8 Å². The van der Waals surface area contributed by atoms with Crippen molar-refractivity contribution in [1.29, 1.82) is 0 Å². The van der Waals surface area contributed by atoms with Gasteiger partial charge >= 0.3 is 0 Å². The third kappa shape index (κ3) is 2.42. The van der Waals surface area contributed by atoms with E-state index >= 15 is 0 Å². The van der Waals surface area contributed by atoms with Crippen LogP contribution in [0.15, 0.2) is 30.3 Å². The molecule has 0 radical (unpaired) electrons. The lowest BCUT2D eigenvalue weighted by Crippen LogP contribution is -2.49. The van der Waals surface area contributed by atoms with Gasteiger partial charge in [0, 0.05) is 6.04 Å². The van der Waals surface area contributed by atoms with Crippen LogP contribution in [-0.4, -0.2) is 18.0 Å². The minimum Gasteiger partial charge on any atom is -0.368 e.